The van der Waals surface area contributed by atoms with Gasteiger partial charge < -0.3 is 19.5 Å². The smallest absolute Gasteiger partial charge is 0.408 e. The Morgan fingerprint density at radius 2 is 1.42 bits per heavy atom. The number of alkyl carbamates (subject to hydrolysis) is 1. The van der Waals surface area contributed by atoms with E-state index in [1.165, 1.54) is 99.1 Å². The molecule has 1 atom stereocenters. The van der Waals surface area contributed by atoms with Gasteiger partial charge in [-0.3, -0.25) is 4.79 Å². The summed E-state index contributed by atoms with van der Waals surface area (Å²) in [6, 6.07) is 13.5. The second-order valence-electron chi connectivity index (χ2n) is 13.9. The van der Waals surface area contributed by atoms with E-state index < -0.39 is 23.7 Å². The van der Waals surface area contributed by atoms with Crippen molar-refractivity contribution < 1.29 is 28.6 Å². The molecule has 0 radical (unpaired) electrons. The molecule has 0 saturated heterocycles. The van der Waals surface area contributed by atoms with Crippen LogP contribution in [0.15, 0.2) is 42.5 Å². The number of hydrogen-bond donors (Lipinski definition) is 1. The molecular formula is C40H59NO6S. The van der Waals surface area contributed by atoms with Crippen molar-refractivity contribution in [1.82, 2.24) is 5.32 Å². The van der Waals surface area contributed by atoms with Crippen LogP contribution in [0.25, 0.3) is 11.1 Å². The summed E-state index contributed by atoms with van der Waals surface area (Å²) in [6.07, 6.45) is 17.0. The van der Waals surface area contributed by atoms with Crippen molar-refractivity contribution in [3.8, 4) is 11.1 Å². The van der Waals surface area contributed by atoms with E-state index in [0.29, 0.717) is 12.2 Å². The summed E-state index contributed by atoms with van der Waals surface area (Å²) in [5, 5.41) is 2.70. The fourth-order valence-electron chi connectivity index (χ4n) is 6.00. The van der Waals surface area contributed by atoms with Gasteiger partial charge in [-0.05, 0) is 61.4 Å². The molecule has 48 heavy (non-hydrogen) atoms. The third-order valence-corrected chi connectivity index (χ3v) is 9.57. The Hall–Kier alpha value is -3.00. The van der Waals surface area contributed by atoms with E-state index in [1.54, 1.807) is 20.8 Å². The standard InChI is InChI=1S/C40H59NO6S/c1-5-6-7-8-9-10-11-12-13-14-15-16-17-25-37(42)45-26-27-48-30-36(38(43)47-40(2,3)4)41-39(44)46-29-32-22-20-24-34-33-23-19-18-21-31(33)28-35(32)34/h18-24,36H,5-17,25-30H2,1-4H3,(H,41,44)/t36-/m0/s1. The van der Waals surface area contributed by atoms with E-state index in [-0.39, 0.29) is 24.9 Å². The van der Waals surface area contributed by atoms with E-state index in [9.17, 15) is 14.4 Å². The summed E-state index contributed by atoms with van der Waals surface area (Å²) >= 11 is 1.42. The maximum Gasteiger partial charge on any atom is 0.408 e. The third kappa shape index (κ3) is 15.0. The van der Waals surface area contributed by atoms with Crippen LogP contribution < -0.4 is 5.32 Å². The van der Waals surface area contributed by atoms with Crippen molar-refractivity contribution in [3.05, 3.63) is 59.2 Å². The van der Waals surface area contributed by atoms with Gasteiger partial charge in [0.15, 0.2) is 0 Å². The molecule has 0 spiro atoms. The van der Waals surface area contributed by atoms with E-state index in [4.69, 9.17) is 14.2 Å². The van der Waals surface area contributed by atoms with Crippen LogP contribution in [0.1, 0.15) is 134 Å². The SMILES string of the molecule is CCCCCCCCCCCCCCCC(=O)OCCSC[C@H](NC(=O)OCc1cccc2c1Cc1ccccc1-2)C(=O)OC(C)(C)C. The highest BCUT2D eigenvalue weighted by molar-refractivity contribution is 7.99. The van der Waals surface area contributed by atoms with Crippen LogP contribution in [0.5, 0.6) is 0 Å². The Kier molecular flexibility index (Phi) is 18.0. The molecule has 7 nitrogen and oxygen atoms in total. The highest BCUT2D eigenvalue weighted by Crippen LogP contribution is 2.38. The molecule has 0 bridgehead atoms. The lowest BCUT2D eigenvalue weighted by Gasteiger charge is -2.24. The highest BCUT2D eigenvalue weighted by atomic mass is 32.2. The number of esters is 2. The second-order valence-corrected chi connectivity index (χ2v) is 15.0. The molecule has 2 aromatic carbocycles. The average molecular weight is 682 g/mol. The number of hydrogen-bond acceptors (Lipinski definition) is 7. The first-order chi connectivity index (χ1) is 23.2. The summed E-state index contributed by atoms with van der Waals surface area (Å²) in [4.78, 5) is 38.0. The van der Waals surface area contributed by atoms with Crippen molar-refractivity contribution in [2.45, 2.75) is 142 Å². The van der Waals surface area contributed by atoms with E-state index in [0.717, 1.165) is 30.4 Å². The van der Waals surface area contributed by atoms with Gasteiger partial charge >= 0.3 is 18.0 Å². The van der Waals surface area contributed by atoms with Gasteiger partial charge in [0.1, 0.15) is 24.9 Å². The molecule has 0 aliphatic heterocycles. The van der Waals surface area contributed by atoms with Gasteiger partial charge in [-0.25, -0.2) is 9.59 Å². The number of carbonyl (C=O) groups excluding carboxylic acids is 3. The van der Waals surface area contributed by atoms with Gasteiger partial charge in [-0.2, -0.15) is 11.8 Å². The van der Waals surface area contributed by atoms with E-state index in [2.05, 4.69) is 30.4 Å². The first-order valence-corrected chi connectivity index (χ1v) is 19.4. The first-order valence-electron chi connectivity index (χ1n) is 18.3. The van der Waals surface area contributed by atoms with Crippen LogP contribution in [-0.4, -0.2) is 47.8 Å². The molecule has 0 saturated carbocycles. The zero-order valence-corrected chi connectivity index (χ0v) is 30.7. The van der Waals surface area contributed by atoms with Crippen LogP contribution in [-0.2, 0) is 36.8 Å². The third-order valence-electron chi connectivity index (χ3n) is 8.55. The van der Waals surface area contributed by atoms with Crippen LogP contribution >= 0.6 is 11.8 Å². The number of unbranched alkanes of at least 4 members (excludes halogenated alkanes) is 12. The molecule has 3 rings (SSSR count). The Labute approximate surface area is 293 Å². The molecular weight excluding hydrogens is 623 g/mol. The van der Waals surface area contributed by atoms with Crippen LogP contribution in [0, 0.1) is 0 Å². The number of rotatable bonds is 23. The Morgan fingerprint density at radius 1 is 0.792 bits per heavy atom. The first kappa shape index (κ1) is 39.4. The fourth-order valence-corrected chi connectivity index (χ4v) is 6.83. The Morgan fingerprint density at radius 3 is 2.08 bits per heavy atom. The zero-order chi connectivity index (χ0) is 34.6. The quantitative estimate of drug-likeness (QED) is 0.0605. The molecule has 0 unspecified atom stereocenters. The van der Waals surface area contributed by atoms with Gasteiger partial charge in [-0.15, -0.1) is 0 Å². The Balaban J connectivity index is 1.30. The van der Waals surface area contributed by atoms with Crippen LogP contribution in [0.3, 0.4) is 0 Å². The van der Waals surface area contributed by atoms with Crippen molar-refractivity contribution >= 4 is 29.8 Å². The predicted molar refractivity (Wildman–Crippen MR) is 196 cm³/mol. The molecule has 1 aliphatic rings. The van der Waals surface area contributed by atoms with Gasteiger partial charge in [0.2, 0.25) is 0 Å². The molecule has 266 valence electrons. The van der Waals surface area contributed by atoms with Crippen LogP contribution in [0.2, 0.25) is 0 Å². The molecule has 1 aliphatic carbocycles. The topological polar surface area (TPSA) is 90.9 Å². The number of ether oxygens (including phenoxy) is 3. The number of nitrogens with one attached hydrogen (secondary N) is 1. The van der Waals surface area contributed by atoms with Gasteiger partial charge in [0.25, 0.3) is 0 Å². The fraction of sp³-hybridized carbons (Fsp3) is 0.625. The highest BCUT2D eigenvalue weighted by Gasteiger charge is 2.28. The number of carbonyl (C=O) groups is 3. The molecule has 1 amide bonds. The predicted octanol–water partition coefficient (Wildman–Crippen LogP) is 9.95. The van der Waals surface area contributed by atoms with E-state index in [1.807, 2.05) is 24.3 Å². The maximum atomic E-state index is 12.9. The van der Waals surface area contributed by atoms with Crippen molar-refractivity contribution in [1.29, 1.82) is 0 Å². The monoisotopic (exact) mass is 681 g/mol. The maximum absolute atomic E-state index is 12.9. The van der Waals surface area contributed by atoms with Crippen molar-refractivity contribution in [3.63, 3.8) is 0 Å². The molecule has 0 aromatic heterocycles. The second kappa shape index (κ2) is 21.9. The molecule has 1 N–H and O–H groups in total. The summed E-state index contributed by atoms with van der Waals surface area (Å²) in [7, 11) is 0. The zero-order valence-electron chi connectivity index (χ0n) is 29.9. The minimum Gasteiger partial charge on any atom is -0.465 e. The van der Waals surface area contributed by atoms with Gasteiger partial charge in [0.05, 0.1) is 0 Å². The summed E-state index contributed by atoms with van der Waals surface area (Å²) in [5.41, 5.74) is 5.05. The van der Waals surface area contributed by atoms with Crippen molar-refractivity contribution in [2.24, 2.45) is 0 Å². The number of thioether (sulfide) groups is 1. The molecule has 0 fully saturated rings. The lowest BCUT2D eigenvalue weighted by Crippen LogP contribution is -2.46. The number of benzene rings is 2. The molecule has 2 aromatic rings. The summed E-state index contributed by atoms with van der Waals surface area (Å²) < 4.78 is 16.6. The van der Waals surface area contributed by atoms with Crippen molar-refractivity contribution in [2.75, 3.05) is 18.1 Å². The van der Waals surface area contributed by atoms with Gasteiger partial charge in [0, 0.05) is 17.9 Å². The average Bonchev–Trinajstić information content (AvgIpc) is 3.44. The van der Waals surface area contributed by atoms with Crippen LogP contribution in [0.4, 0.5) is 4.79 Å². The lowest BCUT2D eigenvalue weighted by atomic mass is 10.0. The summed E-state index contributed by atoms with van der Waals surface area (Å²) in [5.74, 6) is 0.0788. The van der Waals surface area contributed by atoms with Gasteiger partial charge in [-0.1, -0.05) is 126 Å². The minimum absolute atomic E-state index is 0.104. The normalized spacial score (nSPS) is 12.6. The number of fused-ring (bicyclic) bond motifs is 3. The largest absolute Gasteiger partial charge is 0.465 e. The summed E-state index contributed by atoms with van der Waals surface area (Å²) in [6.45, 7) is 7.99. The molecule has 8 heteroatoms. The lowest BCUT2D eigenvalue weighted by molar-refractivity contribution is -0.156. The molecule has 0 heterocycles. The minimum atomic E-state index is -0.894. The number of amides is 1. The Bertz CT molecular complexity index is 1270. The van der Waals surface area contributed by atoms with E-state index >= 15 is 0 Å².